The van der Waals surface area contributed by atoms with Gasteiger partial charge in [-0.1, -0.05) is 33.6 Å². The van der Waals surface area contributed by atoms with Crippen molar-refractivity contribution in [1.29, 1.82) is 0 Å². The molecule has 0 aliphatic heterocycles. The number of hydrogen-bond donors (Lipinski definition) is 2. The van der Waals surface area contributed by atoms with E-state index in [1.54, 1.807) is 18.2 Å². The van der Waals surface area contributed by atoms with Crippen LogP contribution in [-0.2, 0) is 10.0 Å². The second-order valence-corrected chi connectivity index (χ2v) is 6.71. The Kier molecular flexibility index (Phi) is 3.82. The molecule has 0 atom stereocenters. The minimum atomic E-state index is -3.65. The Morgan fingerprint density at radius 2 is 1.74 bits per heavy atom. The van der Waals surface area contributed by atoms with E-state index in [1.165, 1.54) is 24.3 Å². The zero-order valence-electron chi connectivity index (χ0n) is 10.1. The van der Waals surface area contributed by atoms with Gasteiger partial charge >= 0.3 is 0 Å². The Hall–Kier alpha value is -1.53. The highest BCUT2D eigenvalue weighted by Crippen LogP contribution is 2.25. The molecule has 2 rings (SSSR count). The van der Waals surface area contributed by atoms with Gasteiger partial charge in [-0.15, -0.1) is 0 Å². The number of hydrogen-bond acceptors (Lipinski definition) is 3. The zero-order chi connectivity index (χ0) is 14.0. The third-order valence-electron chi connectivity index (χ3n) is 2.47. The Balaban J connectivity index is 2.33. The molecule has 4 nitrogen and oxygen atoms in total. The van der Waals surface area contributed by atoms with Crippen LogP contribution in [0.4, 0.5) is 5.69 Å². The molecule has 0 saturated heterocycles. The van der Waals surface area contributed by atoms with E-state index in [4.69, 9.17) is 0 Å². The van der Waals surface area contributed by atoms with Crippen molar-refractivity contribution in [2.24, 2.45) is 0 Å². The standard InChI is InChI=1S/C13H12BrNO3S/c1-9-2-4-13(5-3-9)19(17,18)15-11-6-10(14)7-12(16)8-11/h2-8,15-16H,1H3. The first-order chi connectivity index (χ1) is 8.87. The Labute approximate surface area is 120 Å². The van der Waals surface area contributed by atoms with Gasteiger partial charge < -0.3 is 5.11 Å². The van der Waals surface area contributed by atoms with E-state index in [1.807, 2.05) is 6.92 Å². The van der Waals surface area contributed by atoms with E-state index < -0.39 is 10.0 Å². The molecule has 0 fully saturated rings. The molecule has 0 unspecified atom stereocenters. The van der Waals surface area contributed by atoms with E-state index in [0.29, 0.717) is 10.2 Å². The van der Waals surface area contributed by atoms with Crippen molar-refractivity contribution >= 4 is 31.6 Å². The number of phenols is 1. The van der Waals surface area contributed by atoms with Crippen molar-refractivity contribution in [3.05, 3.63) is 52.5 Å². The Morgan fingerprint density at radius 1 is 1.11 bits per heavy atom. The van der Waals surface area contributed by atoms with Crippen LogP contribution < -0.4 is 4.72 Å². The number of nitrogens with one attached hydrogen (secondary N) is 1. The molecule has 6 heteroatoms. The minimum absolute atomic E-state index is 0.0176. The topological polar surface area (TPSA) is 66.4 Å². The largest absolute Gasteiger partial charge is 0.508 e. The molecule has 0 aliphatic carbocycles. The number of sulfonamides is 1. The normalized spacial score (nSPS) is 11.3. The summed E-state index contributed by atoms with van der Waals surface area (Å²) in [5.74, 6) is -0.0176. The fourth-order valence-corrected chi connectivity index (χ4v) is 3.09. The lowest BCUT2D eigenvalue weighted by molar-refractivity contribution is 0.475. The Morgan fingerprint density at radius 3 is 2.32 bits per heavy atom. The summed E-state index contributed by atoms with van der Waals surface area (Å²) in [7, 11) is -3.65. The molecule has 0 amide bonds. The van der Waals surface area contributed by atoms with Gasteiger partial charge in [0.25, 0.3) is 10.0 Å². The highest BCUT2D eigenvalue weighted by atomic mass is 79.9. The van der Waals surface area contributed by atoms with Gasteiger partial charge in [0.05, 0.1) is 10.6 Å². The second kappa shape index (κ2) is 5.22. The molecule has 2 N–H and O–H groups in total. The van der Waals surface area contributed by atoms with E-state index in [0.717, 1.165) is 5.56 Å². The van der Waals surface area contributed by atoms with Gasteiger partial charge in [0.15, 0.2) is 0 Å². The molecule has 0 spiro atoms. The SMILES string of the molecule is Cc1ccc(S(=O)(=O)Nc2cc(O)cc(Br)c2)cc1. The highest BCUT2D eigenvalue weighted by molar-refractivity contribution is 9.10. The van der Waals surface area contributed by atoms with Crippen LogP contribution in [0.25, 0.3) is 0 Å². The van der Waals surface area contributed by atoms with E-state index in [2.05, 4.69) is 20.7 Å². The molecule has 19 heavy (non-hydrogen) atoms. The van der Waals surface area contributed by atoms with Crippen LogP contribution >= 0.6 is 15.9 Å². The van der Waals surface area contributed by atoms with Gasteiger partial charge in [-0.2, -0.15) is 0 Å². The number of benzene rings is 2. The number of anilines is 1. The number of aryl methyl sites for hydroxylation is 1. The molecule has 0 aliphatic rings. The lowest BCUT2D eigenvalue weighted by Crippen LogP contribution is -2.12. The summed E-state index contributed by atoms with van der Waals surface area (Å²) >= 11 is 3.19. The summed E-state index contributed by atoms with van der Waals surface area (Å²) in [4.78, 5) is 0.178. The molecule has 100 valence electrons. The first-order valence-electron chi connectivity index (χ1n) is 5.46. The molecule has 2 aromatic carbocycles. The fraction of sp³-hybridized carbons (Fsp3) is 0.0769. The van der Waals surface area contributed by atoms with Crippen molar-refractivity contribution in [3.63, 3.8) is 0 Å². The Bertz CT molecular complexity index is 676. The number of aromatic hydroxyl groups is 1. The molecule has 0 saturated carbocycles. The summed E-state index contributed by atoms with van der Waals surface area (Å²) in [6.07, 6.45) is 0. The van der Waals surface area contributed by atoms with E-state index >= 15 is 0 Å². The van der Waals surface area contributed by atoms with Crippen LogP contribution in [-0.4, -0.2) is 13.5 Å². The summed E-state index contributed by atoms with van der Waals surface area (Å²) in [5.41, 5.74) is 1.28. The third-order valence-corrected chi connectivity index (χ3v) is 4.32. The highest BCUT2D eigenvalue weighted by Gasteiger charge is 2.14. The molecule has 0 heterocycles. The van der Waals surface area contributed by atoms with Crippen molar-refractivity contribution < 1.29 is 13.5 Å². The molecule has 0 aromatic heterocycles. The lowest BCUT2D eigenvalue weighted by atomic mass is 10.2. The van der Waals surface area contributed by atoms with Crippen molar-refractivity contribution in [2.75, 3.05) is 4.72 Å². The maximum Gasteiger partial charge on any atom is 0.261 e. The quantitative estimate of drug-likeness (QED) is 0.900. The number of phenolic OH excluding ortho intramolecular Hbond substituents is 1. The molecule has 0 radical (unpaired) electrons. The minimum Gasteiger partial charge on any atom is -0.508 e. The fourth-order valence-electron chi connectivity index (χ4n) is 1.56. The van der Waals surface area contributed by atoms with Gasteiger partial charge in [-0.3, -0.25) is 4.72 Å². The predicted molar refractivity (Wildman–Crippen MR) is 77.8 cm³/mol. The van der Waals surface area contributed by atoms with Crippen molar-refractivity contribution in [2.45, 2.75) is 11.8 Å². The number of halogens is 1. The predicted octanol–water partition coefficient (Wildman–Crippen LogP) is 3.26. The average molecular weight is 342 g/mol. The van der Waals surface area contributed by atoms with Crippen LogP contribution in [0.3, 0.4) is 0 Å². The third kappa shape index (κ3) is 3.48. The summed E-state index contributed by atoms with van der Waals surface area (Å²) in [6, 6.07) is 10.9. The first kappa shape index (κ1) is 13.9. The first-order valence-corrected chi connectivity index (χ1v) is 7.73. The van der Waals surface area contributed by atoms with Crippen LogP contribution in [0.5, 0.6) is 5.75 Å². The maximum atomic E-state index is 12.1. The molecular formula is C13H12BrNO3S. The second-order valence-electron chi connectivity index (χ2n) is 4.12. The number of rotatable bonds is 3. The summed E-state index contributed by atoms with van der Waals surface area (Å²) in [5, 5.41) is 9.43. The molecule has 0 bridgehead atoms. The van der Waals surface area contributed by atoms with Gasteiger partial charge in [0, 0.05) is 10.5 Å². The molecule has 2 aromatic rings. The van der Waals surface area contributed by atoms with Crippen LogP contribution in [0.15, 0.2) is 51.8 Å². The monoisotopic (exact) mass is 341 g/mol. The van der Waals surface area contributed by atoms with E-state index in [9.17, 15) is 13.5 Å². The van der Waals surface area contributed by atoms with Gasteiger partial charge in [0.2, 0.25) is 0 Å². The van der Waals surface area contributed by atoms with Crippen molar-refractivity contribution in [3.8, 4) is 5.75 Å². The van der Waals surface area contributed by atoms with Gasteiger partial charge in [0.1, 0.15) is 5.75 Å². The van der Waals surface area contributed by atoms with Crippen LogP contribution in [0.1, 0.15) is 5.56 Å². The van der Waals surface area contributed by atoms with Crippen LogP contribution in [0, 0.1) is 6.92 Å². The van der Waals surface area contributed by atoms with E-state index in [-0.39, 0.29) is 10.6 Å². The lowest BCUT2D eigenvalue weighted by Gasteiger charge is -2.09. The van der Waals surface area contributed by atoms with Crippen molar-refractivity contribution in [1.82, 2.24) is 0 Å². The van der Waals surface area contributed by atoms with Crippen LogP contribution in [0.2, 0.25) is 0 Å². The smallest absolute Gasteiger partial charge is 0.261 e. The summed E-state index contributed by atoms with van der Waals surface area (Å²) in [6.45, 7) is 1.89. The summed E-state index contributed by atoms with van der Waals surface area (Å²) < 4.78 is 27.3. The van der Waals surface area contributed by atoms with Gasteiger partial charge in [-0.05, 0) is 31.2 Å². The average Bonchev–Trinajstić information content (AvgIpc) is 2.27. The molecular weight excluding hydrogens is 330 g/mol. The zero-order valence-corrected chi connectivity index (χ0v) is 12.5. The maximum absolute atomic E-state index is 12.1. The van der Waals surface area contributed by atoms with Gasteiger partial charge in [-0.25, -0.2) is 8.42 Å².